The third-order valence-corrected chi connectivity index (χ3v) is 2.48. The molecule has 0 saturated heterocycles. The van der Waals surface area contributed by atoms with Crippen molar-refractivity contribution in [3.05, 3.63) is 17.0 Å². The minimum Gasteiger partial charge on any atom is -0.294 e. The average molecular weight is 205 g/mol. The van der Waals surface area contributed by atoms with Crippen molar-refractivity contribution in [3.8, 4) is 6.07 Å². The van der Waals surface area contributed by atoms with Crippen LogP contribution in [0.4, 0.5) is 0 Å². The van der Waals surface area contributed by atoms with Crippen LogP contribution in [-0.2, 0) is 0 Å². The zero-order valence-electron chi connectivity index (χ0n) is 9.53. The van der Waals surface area contributed by atoms with Crippen molar-refractivity contribution >= 4 is 5.78 Å². The van der Waals surface area contributed by atoms with Gasteiger partial charge in [0.2, 0.25) is 0 Å². The number of nitriles is 1. The van der Waals surface area contributed by atoms with Gasteiger partial charge in [0.05, 0.1) is 29.8 Å². The Hall–Kier alpha value is -1.63. The van der Waals surface area contributed by atoms with E-state index >= 15 is 0 Å². The lowest BCUT2D eigenvalue weighted by Gasteiger charge is -2.10. The normalized spacial score (nSPS) is 12.2. The minimum absolute atomic E-state index is 0.0156. The summed E-state index contributed by atoms with van der Waals surface area (Å²) in [7, 11) is 0. The predicted octanol–water partition coefficient (Wildman–Crippen LogP) is 2.18. The molecule has 1 heterocycles. The molecule has 0 aliphatic carbocycles. The molecule has 0 aromatic carbocycles. The summed E-state index contributed by atoms with van der Waals surface area (Å²) in [5.74, 6) is 0.0282. The number of carbonyl (C=O) groups is 1. The summed E-state index contributed by atoms with van der Waals surface area (Å²) < 4.78 is 1.76. The lowest BCUT2D eigenvalue weighted by molar-refractivity contribution is 0.101. The van der Waals surface area contributed by atoms with Crippen molar-refractivity contribution in [1.29, 1.82) is 5.26 Å². The fraction of sp³-hybridized carbons (Fsp3) is 0.545. The van der Waals surface area contributed by atoms with E-state index in [4.69, 9.17) is 5.26 Å². The molecule has 0 radical (unpaired) electrons. The zero-order chi connectivity index (χ0) is 11.6. The third kappa shape index (κ3) is 2.07. The van der Waals surface area contributed by atoms with Gasteiger partial charge >= 0.3 is 0 Å². The van der Waals surface area contributed by atoms with E-state index in [-0.39, 0.29) is 11.8 Å². The van der Waals surface area contributed by atoms with Crippen LogP contribution in [0.1, 0.15) is 48.1 Å². The monoisotopic (exact) mass is 205 g/mol. The van der Waals surface area contributed by atoms with Crippen molar-refractivity contribution in [2.45, 2.75) is 40.2 Å². The third-order valence-electron chi connectivity index (χ3n) is 2.48. The van der Waals surface area contributed by atoms with Gasteiger partial charge in [0.1, 0.15) is 0 Å². The van der Waals surface area contributed by atoms with E-state index in [1.807, 2.05) is 20.8 Å². The number of aromatic nitrogens is 2. The fourth-order valence-corrected chi connectivity index (χ4v) is 1.82. The molecule has 0 aliphatic heterocycles. The molecule has 80 valence electrons. The van der Waals surface area contributed by atoms with Crippen molar-refractivity contribution in [2.24, 2.45) is 0 Å². The number of ketones is 1. The van der Waals surface area contributed by atoms with Crippen LogP contribution < -0.4 is 0 Å². The Morgan fingerprint density at radius 1 is 1.60 bits per heavy atom. The number of hydrogen-bond acceptors (Lipinski definition) is 3. The Labute approximate surface area is 89.5 Å². The first-order valence-electron chi connectivity index (χ1n) is 4.92. The summed E-state index contributed by atoms with van der Waals surface area (Å²) >= 11 is 0. The number of Topliss-reactive ketones (excluding diaryl/α,β-unsaturated/α-hetero) is 1. The Balaban J connectivity index is 3.18. The van der Waals surface area contributed by atoms with Gasteiger partial charge in [-0.25, -0.2) is 0 Å². The van der Waals surface area contributed by atoms with E-state index in [9.17, 15) is 4.79 Å². The SMILES string of the molecule is CC(=O)c1c(C)nn(C(C)CC#N)c1C. The van der Waals surface area contributed by atoms with E-state index in [0.29, 0.717) is 12.0 Å². The molecule has 15 heavy (non-hydrogen) atoms. The van der Waals surface area contributed by atoms with Gasteiger partial charge in [-0.2, -0.15) is 10.4 Å². The molecular formula is C11H15N3O. The van der Waals surface area contributed by atoms with Gasteiger partial charge in [0.15, 0.2) is 5.78 Å². The van der Waals surface area contributed by atoms with Crippen LogP contribution >= 0.6 is 0 Å². The van der Waals surface area contributed by atoms with Crippen LogP contribution in [0.2, 0.25) is 0 Å². The van der Waals surface area contributed by atoms with Crippen LogP contribution in [0.25, 0.3) is 0 Å². The first kappa shape index (κ1) is 11.4. The smallest absolute Gasteiger partial charge is 0.163 e. The van der Waals surface area contributed by atoms with Gasteiger partial charge in [-0.3, -0.25) is 9.48 Å². The number of hydrogen-bond donors (Lipinski definition) is 0. The maximum absolute atomic E-state index is 11.4. The molecule has 0 fully saturated rings. The van der Waals surface area contributed by atoms with Gasteiger partial charge in [-0.1, -0.05) is 0 Å². The van der Waals surface area contributed by atoms with E-state index in [0.717, 1.165) is 11.4 Å². The van der Waals surface area contributed by atoms with Crippen molar-refractivity contribution < 1.29 is 4.79 Å². The molecular weight excluding hydrogens is 190 g/mol. The minimum atomic E-state index is 0.0156. The second-order valence-electron chi connectivity index (χ2n) is 3.76. The van der Waals surface area contributed by atoms with E-state index in [1.54, 1.807) is 4.68 Å². The second kappa shape index (κ2) is 4.26. The highest BCUT2D eigenvalue weighted by Gasteiger charge is 2.17. The molecule has 1 aromatic heterocycles. The molecule has 0 spiro atoms. The molecule has 0 N–H and O–H groups in total. The predicted molar refractivity (Wildman–Crippen MR) is 56.6 cm³/mol. The summed E-state index contributed by atoms with van der Waals surface area (Å²) in [6.45, 7) is 7.15. The molecule has 1 atom stereocenters. The van der Waals surface area contributed by atoms with E-state index in [1.165, 1.54) is 6.92 Å². The summed E-state index contributed by atoms with van der Waals surface area (Å²) in [6.07, 6.45) is 0.402. The zero-order valence-corrected chi connectivity index (χ0v) is 9.53. The average Bonchev–Trinajstić information content (AvgIpc) is 2.42. The van der Waals surface area contributed by atoms with Gasteiger partial charge < -0.3 is 0 Å². The van der Waals surface area contributed by atoms with Gasteiger partial charge in [0, 0.05) is 5.69 Å². The standard InChI is InChI=1S/C11H15N3O/c1-7(5-6-12)14-9(3)11(10(4)15)8(2)13-14/h7H,5H2,1-4H3. The van der Waals surface area contributed by atoms with Crippen molar-refractivity contribution in [2.75, 3.05) is 0 Å². The Bertz CT molecular complexity index is 426. The molecule has 0 saturated carbocycles. The molecule has 1 aromatic rings. The van der Waals surface area contributed by atoms with Crippen LogP contribution in [0, 0.1) is 25.2 Å². The summed E-state index contributed by atoms with van der Waals surface area (Å²) in [6, 6.07) is 2.12. The lowest BCUT2D eigenvalue weighted by atomic mass is 10.1. The van der Waals surface area contributed by atoms with Gasteiger partial charge in [-0.15, -0.1) is 0 Å². The maximum Gasteiger partial charge on any atom is 0.163 e. The molecule has 1 rings (SSSR count). The van der Waals surface area contributed by atoms with Gasteiger partial charge in [-0.05, 0) is 27.7 Å². The number of rotatable bonds is 3. The molecule has 4 heteroatoms. The van der Waals surface area contributed by atoms with Gasteiger partial charge in [0.25, 0.3) is 0 Å². The van der Waals surface area contributed by atoms with E-state index < -0.39 is 0 Å². The largest absolute Gasteiger partial charge is 0.294 e. The highest BCUT2D eigenvalue weighted by atomic mass is 16.1. The van der Waals surface area contributed by atoms with Crippen molar-refractivity contribution in [1.82, 2.24) is 9.78 Å². The molecule has 0 aliphatic rings. The first-order chi connectivity index (χ1) is 6.99. The Morgan fingerprint density at radius 3 is 2.60 bits per heavy atom. The summed E-state index contributed by atoms with van der Waals surface area (Å²) in [5, 5.41) is 12.9. The molecule has 1 unspecified atom stereocenters. The lowest BCUT2D eigenvalue weighted by Crippen LogP contribution is -2.09. The number of aryl methyl sites for hydroxylation is 1. The van der Waals surface area contributed by atoms with Crippen molar-refractivity contribution in [3.63, 3.8) is 0 Å². The maximum atomic E-state index is 11.4. The number of carbonyl (C=O) groups excluding carboxylic acids is 1. The van der Waals surface area contributed by atoms with Crippen LogP contribution in [0.5, 0.6) is 0 Å². The highest BCUT2D eigenvalue weighted by Crippen LogP contribution is 2.19. The number of nitrogens with zero attached hydrogens (tertiary/aromatic N) is 3. The summed E-state index contributed by atoms with van der Waals surface area (Å²) in [4.78, 5) is 11.4. The molecule has 0 amide bonds. The Kier molecular flexibility index (Phi) is 3.25. The summed E-state index contributed by atoms with van der Waals surface area (Å²) in [5.41, 5.74) is 2.27. The van der Waals surface area contributed by atoms with E-state index in [2.05, 4.69) is 11.2 Å². The molecule has 0 bridgehead atoms. The first-order valence-corrected chi connectivity index (χ1v) is 4.92. The fourth-order valence-electron chi connectivity index (χ4n) is 1.82. The van der Waals surface area contributed by atoms with Crippen LogP contribution in [0.3, 0.4) is 0 Å². The quantitative estimate of drug-likeness (QED) is 0.710. The second-order valence-corrected chi connectivity index (χ2v) is 3.76. The topological polar surface area (TPSA) is 58.7 Å². The molecule has 4 nitrogen and oxygen atoms in total. The van der Waals surface area contributed by atoms with Crippen LogP contribution in [-0.4, -0.2) is 15.6 Å². The Morgan fingerprint density at radius 2 is 2.20 bits per heavy atom. The highest BCUT2D eigenvalue weighted by molar-refractivity contribution is 5.96. The van der Waals surface area contributed by atoms with Crippen LogP contribution in [0.15, 0.2) is 0 Å².